The van der Waals surface area contributed by atoms with Crippen LogP contribution < -0.4 is 15.4 Å². The van der Waals surface area contributed by atoms with Crippen molar-refractivity contribution >= 4 is 54.1 Å². The highest BCUT2D eigenvalue weighted by Crippen LogP contribution is 2.30. The number of hydrogen-bond donors (Lipinski definition) is 3. The Morgan fingerprint density at radius 3 is 2.16 bits per heavy atom. The summed E-state index contributed by atoms with van der Waals surface area (Å²) in [7, 11) is -3.73. The summed E-state index contributed by atoms with van der Waals surface area (Å²) in [5, 5.41) is 5.89. The summed E-state index contributed by atoms with van der Waals surface area (Å²) in [6.07, 6.45) is 0. The van der Waals surface area contributed by atoms with E-state index in [1.807, 2.05) is 39.0 Å². The number of hydrogen-bond acceptors (Lipinski definition) is 5. The molecule has 9 heteroatoms. The van der Waals surface area contributed by atoms with Gasteiger partial charge in [0.15, 0.2) is 5.13 Å². The Balaban J connectivity index is 1.49. The number of nitrogens with one attached hydrogen (secondary N) is 3. The molecule has 164 valence electrons. The van der Waals surface area contributed by atoms with Gasteiger partial charge in [-0.2, -0.15) is 0 Å². The fourth-order valence-corrected chi connectivity index (χ4v) is 5.42. The first kappa shape index (κ1) is 21.8. The zero-order valence-corrected chi connectivity index (χ0v) is 19.4. The third-order valence-electron chi connectivity index (χ3n) is 4.68. The number of carbonyl (C=O) groups excluding carboxylic acids is 1. The molecule has 0 saturated heterocycles. The maximum atomic E-state index is 12.6. The molecule has 0 aliphatic carbocycles. The second-order valence-electron chi connectivity index (χ2n) is 7.58. The van der Waals surface area contributed by atoms with Crippen LogP contribution in [-0.4, -0.2) is 19.4 Å². The molecule has 0 unspecified atom stereocenters. The minimum Gasteiger partial charge on any atom is -0.308 e. The molecular weight excluding hydrogens is 444 g/mol. The van der Waals surface area contributed by atoms with Gasteiger partial charge in [0.05, 0.1) is 15.1 Å². The van der Waals surface area contributed by atoms with E-state index in [1.165, 1.54) is 11.3 Å². The SMILES string of the molecule is Cc1ccc(S(=O)(=O)Nc2nc3ccc(NC(=O)Nc4cc(C)cc(C)c4)cc3s2)cc1. The summed E-state index contributed by atoms with van der Waals surface area (Å²) >= 11 is 1.20. The molecule has 0 bridgehead atoms. The highest BCUT2D eigenvalue weighted by molar-refractivity contribution is 7.93. The van der Waals surface area contributed by atoms with Gasteiger partial charge in [-0.05, 0) is 74.4 Å². The summed E-state index contributed by atoms with van der Waals surface area (Å²) in [6, 6.07) is 17.3. The van der Waals surface area contributed by atoms with Crippen LogP contribution in [0.25, 0.3) is 10.2 Å². The molecule has 1 heterocycles. The molecule has 0 radical (unpaired) electrons. The number of carbonyl (C=O) groups is 1. The van der Waals surface area contributed by atoms with Gasteiger partial charge < -0.3 is 10.6 Å². The van der Waals surface area contributed by atoms with Gasteiger partial charge in [0.1, 0.15) is 0 Å². The molecule has 0 saturated carbocycles. The lowest BCUT2D eigenvalue weighted by Crippen LogP contribution is -2.19. The molecule has 0 fully saturated rings. The molecule has 0 spiro atoms. The fraction of sp³-hybridized carbons (Fsp3) is 0.130. The lowest BCUT2D eigenvalue weighted by atomic mass is 10.1. The van der Waals surface area contributed by atoms with E-state index >= 15 is 0 Å². The fourth-order valence-electron chi connectivity index (χ4n) is 3.28. The molecule has 32 heavy (non-hydrogen) atoms. The minimum absolute atomic E-state index is 0.174. The standard InChI is InChI=1S/C23H22N4O3S2/c1-14-4-7-19(8-5-14)32(29,30)27-23-26-20-9-6-17(13-21(20)31-23)24-22(28)25-18-11-15(2)10-16(3)12-18/h4-13H,1-3H3,(H,26,27)(H2,24,25,28). The van der Waals surface area contributed by atoms with Crippen LogP contribution in [-0.2, 0) is 10.0 Å². The van der Waals surface area contributed by atoms with E-state index in [1.54, 1.807) is 42.5 Å². The van der Waals surface area contributed by atoms with Gasteiger partial charge in [0.2, 0.25) is 0 Å². The van der Waals surface area contributed by atoms with E-state index in [4.69, 9.17) is 0 Å². The summed E-state index contributed by atoms with van der Waals surface area (Å²) in [5.41, 5.74) is 5.03. The van der Waals surface area contributed by atoms with Crippen LogP contribution >= 0.6 is 11.3 Å². The number of anilines is 3. The Labute approximate surface area is 190 Å². The number of urea groups is 1. The topological polar surface area (TPSA) is 100 Å². The summed E-state index contributed by atoms with van der Waals surface area (Å²) < 4.78 is 28.5. The molecule has 3 aromatic carbocycles. The molecule has 4 rings (SSSR count). The number of aryl methyl sites for hydroxylation is 3. The van der Waals surface area contributed by atoms with Gasteiger partial charge in [-0.25, -0.2) is 18.2 Å². The number of fused-ring (bicyclic) bond motifs is 1. The van der Waals surface area contributed by atoms with Crippen molar-refractivity contribution < 1.29 is 13.2 Å². The summed E-state index contributed by atoms with van der Waals surface area (Å²) in [6.45, 7) is 5.84. The van der Waals surface area contributed by atoms with E-state index in [0.29, 0.717) is 16.9 Å². The van der Waals surface area contributed by atoms with Crippen LogP contribution in [0.4, 0.5) is 21.3 Å². The Bertz CT molecular complexity index is 1390. The van der Waals surface area contributed by atoms with Crippen LogP contribution in [0.2, 0.25) is 0 Å². The number of thiazole rings is 1. The molecule has 7 nitrogen and oxygen atoms in total. The van der Waals surface area contributed by atoms with Crippen molar-refractivity contribution in [3.63, 3.8) is 0 Å². The first-order valence-electron chi connectivity index (χ1n) is 9.84. The van der Waals surface area contributed by atoms with Crippen molar-refractivity contribution in [3.8, 4) is 0 Å². The first-order chi connectivity index (χ1) is 15.2. The van der Waals surface area contributed by atoms with Crippen molar-refractivity contribution in [3.05, 3.63) is 77.4 Å². The zero-order chi connectivity index (χ0) is 22.9. The predicted molar refractivity (Wildman–Crippen MR) is 130 cm³/mol. The smallest absolute Gasteiger partial charge is 0.308 e. The third kappa shape index (κ3) is 5.06. The molecule has 4 aromatic rings. The monoisotopic (exact) mass is 466 g/mol. The molecule has 0 aliphatic heterocycles. The van der Waals surface area contributed by atoms with Crippen LogP contribution in [0.15, 0.2) is 65.6 Å². The Hall–Kier alpha value is -3.43. The Kier molecular flexibility index (Phi) is 5.86. The summed E-state index contributed by atoms with van der Waals surface area (Å²) in [4.78, 5) is 16.9. The van der Waals surface area contributed by atoms with E-state index < -0.39 is 10.0 Å². The van der Waals surface area contributed by atoms with E-state index in [-0.39, 0.29) is 16.1 Å². The number of nitrogens with zero attached hydrogens (tertiary/aromatic N) is 1. The van der Waals surface area contributed by atoms with Gasteiger partial charge in [-0.15, -0.1) is 0 Å². The Morgan fingerprint density at radius 1 is 0.812 bits per heavy atom. The van der Waals surface area contributed by atoms with Gasteiger partial charge in [0.25, 0.3) is 10.0 Å². The van der Waals surface area contributed by atoms with Gasteiger partial charge >= 0.3 is 6.03 Å². The van der Waals surface area contributed by atoms with Crippen molar-refractivity contribution in [2.24, 2.45) is 0 Å². The maximum absolute atomic E-state index is 12.6. The molecule has 0 aliphatic rings. The maximum Gasteiger partial charge on any atom is 0.323 e. The number of amides is 2. The van der Waals surface area contributed by atoms with E-state index in [9.17, 15) is 13.2 Å². The number of sulfonamides is 1. The van der Waals surface area contributed by atoms with Crippen LogP contribution in [0, 0.1) is 20.8 Å². The lowest BCUT2D eigenvalue weighted by Gasteiger charge is -2.09. The molecular formula is C23H22N4O3S2. The van der Waals surface area contributed by atoms with E-state index in [2.05, 4.69) is 20.3 Å². The largest absolute Gasteiger partial charge is 0.323 e. The minimum atomic E-state index is -3.73. The second kappa shape index (κ2) is 8.60. The lowest BCUT2D eigenvalue weighted by molar-refractivity contribution is 0.262. The molecule has 3 N–H and O–H groups in total. The van der Waals surface area contributed by atoms with Gasteiger partial charge in [0, 0.05) is 11.4 Å². The normalized spacial score (nSPS) is 11.3. The molecule has 1 aromatic heterocycles. The number of benzene rings is 3. The first-order valence-corrected chi connectivity index (χ1v) is 12.1. The van der Waals surface area contributed by atoms with Crippen LogP contribution in [0.5, 0.6) is 0 Å². The number of rotatable bonds is 5. The van der Waals surface area contributed by atoms with Crippen LogP contribution in [0.3, 0.4) is 0 Å². The molecule has 0 atom stereocenters. The average Bonchev–Trinajstić information content (AvgIpc) is 3.08. The average molecular weight is 467 g/mol. The van der Waals surface area contributed by atoms with Crippen molar-refractivity contribution in [1.82, 2.24) is 4.98 Å². The molecule has 2 amide bonds. The quantitative estimate of drug-likeness (QED) is 0.353. The summed E-state index contributed by atoms with van der Waals surface area (Å²) in [5.74, 6) is 0. The van der Waals surface area contributed by atoms with Gasteiger partial charge in [-0.1, -0.05) is 35.1 Å². The van der Waals surface area contributed by atoms with Crippen molar-refractivity contribution in [2.75, 3.05) is 15.4 Å². The van der Waals surface area contributed by atoms with Gasteiger partial charge in [-0.3, -0.25) is 4.72 Å². The highest BCUT2D eigenvalue weighted by Gasteiger charge is 2.16. The second-order valence-corrected chi connectivity index (χ2v) is 10.3. The van der Waals surface area contributed by atoms with E-state index in [0.717, 1.165) is 21.4 Å². The van der Waals surface area contributed by atoms with Crippen LogP contribution in [0.1, 0.15) is 16.7 Å². The zero-order valence-electron chi connectivity index (χ0n) is 17.8. The van der Waals surface area contributed by atoms with Crippen molar-refractivity contribution in [1.29, 1.82) is 0 Å². The predicted octanol–water partition coefficient (Wildman–Crippen LogP) is 5.67. The highest BCUT2D eigenvalue weighted by atomic mass is 32.2. The van der Waals surface area contributed by atoms with Crippen molar-refractivity contribution in [2.45, 2.75) is 25.7 Å². The third-order valence-corrected chi connectivity index (χ3v) is 7.10. The Morgan fingerprint density at radius 2 is 1.47 bits per heavy atom. The number of aromatic nitrogens is 1.